The zero-order valence-electron chi connectivity index (χ0n) is 10.6. The Morgan fingerprint density at radius 3 is 2.78 bits per heavy atom. The molecule has 100 valence electrons. The summed E-state index contributed by atoms with van der Waals surface area (Å²) in [5.41, 5.74) is 0.918. The van der Waals surface area contributed by atoms with Crippen LogP contribution in [-0.4, -0.2) is 30.8 Å². The molecule has 0 bridgehead atoms. The van der Waals surface area contributed by atoms with Crippen LogP contribution >= 0.6 is 11.6 Å². The van der Waals surface area contributed by atoms with E-state index in [0.29, 0.717) is 6.61 Å². The lowest BCUT2D eigenvalue weighted by molar-refractivity contribution is 0.0697. The summed E-state index contributed by atoms with van der Waals surface area (Å²) in [6.07, 6.45) is 2.02. The number of carbonyl (C=O) groups is 1. The molecule has 4 nitrogen and oxygen atoms in total. The molecule has 0 fully saturated rings. The summed E-state index contributed by atoms with van der Waals surface area (Å²) in [6, 6.07) is 5.05. The number of benzene rings is 1. The Hall–Kier alpha value is -1.26. The van der Waals surface area contributed by atoms with Gasteiger partial charge in [0.15, 0.2) is 0 Å². The van der Waals surface area contributed by atoms with Gasteiger partial charge in [-0.05, 0) is 24.6 Å². The average Bonchev–Trinajstić information content (AvgIpc) is 2.29. The molecule has 0 radical (unpaired) electrons. The van der Waals surface area contributed by atoms with E-state index in [0.717, 1.165) is 18.5 Å². The maximum absolute atomic E-state index is 10.8. The van der Waals surface area contributed by atoms with Crippen LogP contribution in [0.5, 0.6) is 0 Å². The highest BCUT2D eigenvalue weighted by atomic mass is 35.5. The Kier molecular flexibility index (Phi) is 5.95. The standard InChI is InChI=1S/C13H18ClNO3/c1-3-4-10(8-18-2)15-9-5-6-11(13(16)17)12(14)7-9/h5-7,10,15H,3-4,8H2,1-2H3,(H,16,17). The molecular formula is C13H18ClNO3. The fourth-order valence-corrected chi connectivity index (χ4v) is 2.02. The van der Waals surface area contributed by atoms with Crippen LogP contribution in [-0.2, 0) is 4.74 Å². The first-order chi connectivity index (χ1) is 8.58. The monoisotopic (exact) mass is 271 g/mol. The first-order valence-electron chi connectivity index (χ1n) is 5.86. The highest BCUT2D eigenvalue weighted by molar-refractivity contribution is 6.33. The zero-order chi connectivity index (χ0) is 13.5. The van der Waals surface area contributed by atoms with E-state index in [4.69, 9.17) is 21.4 Å². The van der Waals surface area contributed by atoms with Gasteiger partial charge in [-0.15, -0.1) is 0 Å². The van der Waals surface area contributed by atoms with Gasteiger partial charge < -0.3 is 15.2 Å². The van der Waals surface area contributed by atoms with Crippen LogP contribution in [0.4, 0.5) is 5.69 Å². The molecule has 0 aliphatic heterocycles. The van der Waals surface area contributed by atoms with Gasteiger partial charge in [0.2, 0.25) is 0 Å². The lowest BCUT2D eigenvalue weighted by atomic mass is 10.1. The summed E-state index contributed by atoms with van der Waals surface area (Å²) in [5.74, 6) is -1.02. The Morgan fingerprint density at radius 2 is 2.28 bits per heavy atom. The van der Waals surface area contributed by atoms with Crippen LogP contribution < -0.4 is 5.32 Å². The van der Waals surface area contributed by atoms with Crippen molar-refractivity contribution in [1.29, 1.82) is 0 Å². The minimum atomic E-state index is -1.02. The SMILES string of the molecule is CCCC(COC)Nc1ccc(C(=O)O)c(Cl)c1. The average molecular weight is 272 g/mol. The third-order valence-electron chi connectivity index (χ3n) is 2.58. The maximum Gasteiger partial charge on any atom is 0.337 e. The molecule has 1 unspecified atom stereocenters. The molecule has 18 heavy (non-hydrogen) atoms. The van der Waals surface area contributed by atoms with Crippen molar-refractivity contribution >= 4 is 23.3 Å². The van der Waals surface area contributed by atoms with E-state index < -0.39 is 5.97 Å². The number of aromatic carboxylic acids is 1. The van der Waals surface area contributed by atoms with E-state index >= 15 is 0 Å². The van der Waals surface area contributed by atoms with Crippen molar-refractivity contribution in [2.75, 3.05) is 19.0 Å². The number of carboxylic acids is 1. The zero-order valence-corrected chi connectivity index (χ0v) is 11.3. The van der Waals surface area contributed by atoms with Crippen LogP contribution in [0.2, 0.25) is 5.02 Å². The molecule has 0 heterocycles. The fraction of sp³-hybridized carbons (Fsp3) is 0.462. The third-order valence-corrected chi connectivity index (χ3v) is 2.89. The molecule has 0 aliphatic carbocycles. The number of halogens is 1. The van der Waals surface area contributed by atoms with Crippen molar-refractivity contribution in [2.24, 2.45) is 0 Å². The second kappa shape index (κ2) is 7.24. The highest BCUT2D eigenvalue weighted by Gasteiger charge is 2.11. The van der Waals surface area contributed by atoms with Crippen LogP contribution in [0.25, 0.3) is 0 Å². The molecule has 2 N–H and O–H groups in total. The van der Waals surface area contributed by atoms with E-state index in [1.54, 1.807) is 19.2 Å². The van der Waals surface area contributed by atoms with Gasteiger partial charge in [0, 0.05) is 18.8 Å². The number of ether oxygens (including phenoxy) is 1. The molecule has 0 aromatic heterocycles. The highest BCUT2D eigenvalue weighted by Crippen LogP contribution is 2.22. The maximum atomic E-state index is 10.8. The van der Waals surface area contributed by atoms with Crippen LogP contribution in [0, 0.1) is 0 Å². The lowest BCUT2D eigenvalue weighted by Crippen LogP contribution is -2.24. The first kappa shape index (κ1) is 14.8. The number of rotatable bonds is 7. The number of anilines is 1. The lowest BCUT2D eigenvalue weighted by Gasteiger charge is -2.18. The van der Waals surface area contributed by atoms with Gasteiger partial charge in [-0.2, -0.15) is 0 Å². The van der Waals surface area contributed by atoms with Crippen LogP contribution in [0.15, 0.2) is 18.2 Å². The van der Waals surface area contributed by atoms with E-state index in [2.05, 4.69) is 12.2 Å². The van der Waals surface area contributed by atoms with Crippen molar-refractivity contribution < 1.29 is 14.6 Å². The second-order valence-electron chi connectivity index (χ2n) is 4.09. The Morgan fingerprint density at radius 1 is 1.56 bits per heavy atom. The van der Waals surface area contributed by atoms with Crippen molar-refractivity contribution in [2.45, 2.75) is 25.8 Å². The quantitative estimate of drug-likeness (QED) is 0.799. The third kappa shape index (κ3) is 4.20. The second-order valence-corrected chi connectivity index (χ2v) is 4.49. The number of nitrogens with one attached hydrogen (secondary N) is 1. The molecule has 0 saturated heterocycles. The molecule has 1 aromatic carbocycles. The van der Waals surface area contributed by atoms with Crippen molar-refractivity contribution in [3.63, 3.8) is 0 Å². The topological polar surface area (TPSA) is 58.6 Å². The molecule has 0 saturated carbocycles. The molecule has 5 heteroatoms. The van der Waals surface area contributed by atoms with Gasteiger partial charge in [0.05, 0.1) is 17.2 Å². The molecule has 1 rings (SSSR count). The summed E-state index contributed by atoms with van der Waals surface area (Å²) in [4.78, 5) is 10.8. The Labute approximate surface area is 112 Å². The van der Waals surface area contributed by atoms with Crippen molar-refractivity contribution in [3.05, 3.63) is 28.8 Å². The van der Waals surface area contributed by atoms with E-state index in [1.807, 2.05) is 0 Å². The normalized spacial score (nSPS) is 12.2. The number of carboxylic acid groups (broad SMARTS) is 1. The van der Waals surface area contributed by atoms with Crippen molar-refractivity contribution in [3.8, 4) is 0 Å². The van der Waals surface area contributed by atoms with Gasteiger partial charge >= 0.3 is 5.97 Å². The minimum absolute atomic E-state index is 0.112. The molecular weight excluding hydrogens is 254 g/mol. The van der Waals surface area contributed by atoms with E-state index in [-0.39, 0.29) is 16.6 Å². The number of methoxy groups -OCH3 is 1. The van der Waals surface area contributed by atoms with Gasteiger partial charge in [-0.3, -0.25) is 0 Å². The molecule has 1 aromatic rings. The molecule has 0 aliphatic rings. The number of hydrogen-bond donors (Lipinski definition) is 2. The summed E-state index contributed by atoms with van der Waals surface area (Å²) in [6.45, 7) is 2.71. The summed E-state index contributed by atoms with van der Waals surface area (Å²) in [7, 11) is 1.66. The van der Waals surface area contributed by atoms with Gasteiger partial charge in [-0.1, -0.05) is 24.9 Å². The largest absolute Gasteiger partial charge is 0.478 e. The van der Waals surface area contributed by atoms with E-state index in [1.165, 1.54) is 6.07 Å². The number of hydrogen-bond acceptors (Lipinski definition) is 3. The smallest absolute Gasteiger partial charge is 0.337 e. The van der Waals surface area contributed by atoms with Gasteiger partial charge in [0.1, 0.15) is 0 Å². The van der Waals surface area contributed by atoms with Gasteiger partial charge in [0.25, 0.3) is 0 Å². The molecule has 1 atom stereocenters. The Balaban J connectivity index is 2.77. The predicted octanol–water partition coefficient (Wildman–Crippen LogP) is 3.27. The fourth-order valence-electron chi connectivity index (χ4n) is 1.76. The van der Waals surface area contributed by atoms with Gasteiger partial charge in [-0.25, -0.2) is 4.79 Å². The molecule has 0 spiro atoms. The minimum Gasteiger partial charge on any atom is -0.478 e. The van der Waals surface area contributed by atoms with E-state index in [9.17, 15) is 4.79 Å². The summed E-state index contributed by atoms with van der Waals surface area (Å²) < 4.78 is 5.13. The van der Waals surface area contributed by atoms with Crippen LogP contribution in [0.1, 0.15) is 30.1 Å². The first-order valence-corrected chi connectivity index (χ1v) is 6.24. The summed E-state index contributed by atoms with van der Waals surface area (Å²) in [5, 5.41) is 12.4. The van der Waals surface area contributed by atoms with Crippen molar-refractivity contribution in [1.82, 2.24) is 0 Å². The molecule has 0 amide bonds. The Bertz CT molecular complexity index is 403. The predicted molar refractivity (Wildman–Crippen MR) is 72.6 cm³/mol. The summed E-state index contributed by atoms with van der Waals surface area (Å²) >= 11 is 5.91. The van der Waals surface area contributed by atoms with Crippen LogP contribution in [0.3, 0.4) is 0 Å².